The summed E-state index contributed by atoms with van der Waals surface area (Å²) in [6.07, 6.45) is 0. The van der Waals surface area contributed by atoms with Gasteiger partial charge in [-0.25, -0.2) is 4.90 Å². The van der Waals surface area contributed by atoms with Crippen LogP contribution < -0.4 is 4.90 Å². The van der Waals surface area contributed by atoms with Crippen molar-refractivity contribution in [1.82, 2.24) is 0 Å². The lowest BCUT2D eigenvalue weighted by atomic mass is 9.59. The van der Waals surface area contributed by atoms with Gasteiger partial charge in [0.1, 0.15) is 0 Å². The molecule has 0 unspecified atom stereocenters. The maximum absolute atomic E-state index is 16.1. The third-order valence-corrected chi connectivity index (χ3v) is 11.2. The first-order valence-electron chi connectivity index (χ1n) is 16.2. The third kappa shape index (κ3) is 3.84. The number of allylic oxidation sites excluding steroid dienone is 2. The Morgan fingerprint density at radius 3 is 1.39 bits per heavy atom. The van der Waals surface area contributed by atoms with Gasteiger partial charge in [0.2, 0.25) is 11.8 Å². The summed E-state index contributed by atoms with van der Waals surface area (Å²) in [6, 6.07) is 47.3. The highest BCUT2D eigenvalue weighted by atomic mass is 35.5. The summed E-state index contributed by atoms with van der Waals surface area (Å²) in [5, 5.41) is 2.70. The SMILES string of the molecule is O=C1[C@@H]2[C@@H](C(=O)N1c1cccc3ccccc13)[C@@]1(c3ccc(Cl)cc3)C(=O)[C@@]2(c2ccc(Cl)cc2)C(c2ccccc2)=C1c1ccccc1. The Labute approximate surface area is 293 Å². The molecule has 0 N–H and O–H groups in total. The Morgan fingerprint density at radius 2 is 0.898 bits per heavy atom. The standard InChI is InChI=1S/C43H27Cl2NO3/c44-31-22-18-29(19-23-31)42-35(27-11-3-1-4-12-27)36(28-13-5-2-6-14-28)43(41(42)49,30-20-24-32(45)25-21-30)38-37(42)39(47)46(40(38)48)34-17-9-15-26-10-7-8-16-33(26)34/h1-25,37-38H/t37-,38-,42-,43-/m0/s1. The normalized spacial score (nSPS) is 24.3. The van der Waals surface area contributed by atoms with Crippen LogP contribution in [0.2, 0.25) is 10.0 Å². The molecule has 2 fully saturated rings. The molecule has 1 saturated carbocycles. The topological polar surface area (TPSA) is 54.5 Å². The monoisotopic (exact) mass is 675 g/mol. The van der Waals surface area contributed by atoms with Crippen molar-refractivity contribution in [1.29, 1.82) is 0 Å². The molecule has 0 spiro atoms. The van der Waals surface area contributed by atoms with E-state index >= 15 is 14.4 Å². The lowest BCUT2D eigenvalue weighted by molar-refractivity contribution is -0.130. The summed E-state index contributed by atoms with van der Waals surface area (Å²) < 4.78 is 0. The maximum Gasteiger partial charge on any atom is 0.239 e. The molecular formula is C43H27Cl2NO3. The van der Waals surface area contributed by atoms with Crippen LogP contribution in [-0.4, -0.2) is 17.6 Å². The largest absolute Gasteiger partial charge is 0.297 e. The van der Waals surface area contributed by atoms with E-state index in [9.17, 15) is 0 Å². The molecule has 1 saturated heterocycles. The Hall–Kier alpha value is -5.29. The molecule has 6 heteroatoms. The number of nitrogens with zero attached hydrogens (tertiary/aromatic N) is 1. The van der Waals surface area contributed by atoms with Crippen LogP contribution in [0.1, 0.15) is 22.3 Å². The van der Waals surface area contributed by atoms with Crippen molar-refractivity contribution in [2.24, 2.45) is 11.8 Å². The Balaban J connectivity index is 1.45. The molecule has 9 rings (SSSR count). The number of anilines is 1. The van der Waals surface area contributed by atoms with Crippen molar-refractivity contribution in [2.45, 2.75) is 10.8 Å². The number of carbonyl (C=O) groups excluding carboxylic acids is 3. The summed E-state index contributed by atoms with van der Waals surface area (Å²) in [7, 11) is 0. The summed E-state index contributed by atoms with van der Waals surface area (Å²) >= 11 is 12.9. The van der Waals surface area contributed by atoms with E-state index in [-0.39, 0.29) is 5.78 Å². The minimum Gasteiger partial charge on any atom is -0.297 e. The fourth-order valence-electron chi connectivity index (χ4n) is 9.00. The van der Waals surface area contributed by atoms with E-state index in [0.29, 0.717) is 26.9 Å². The van der Waals surface area contributed by atoms with Crippen LogP contribution in [0, 0.1) is 11.8 Å². The Bertz CT molecular complexity index is 2240. The third-order valence-electron chi connectivity index (χ3n) is 10.7. The fourth-order valence-corrected chi connectivity index (χ4v) is 9.25. The van der Waals surface area contributed by atoms with Gasteiger partial charge in [0, 0.05) is 15.4 Å². The van der Waals surface area contributed by atoms with Crippen molar-refractivity contribution >= 4 is 68.4 Å². The van der Waals surface area contributed by atoms with E-state index < -0.39 is 34.5 Å². The number of imide groups is 1. The van der Waals surface area contributed by atoms with Crippen molar-refractivity contribution in [3.05, 3.63) is 184 Å². The van der Waals surface area contributed by atoms with Crippen LogP contribution in [0.5, 0.6) is 0 Å². The Kier molecular flexibility index (Phi) is 6.61. The molecule has 2 amide bonds. The minimum atomic E-state index is -1.52. The van der Waals surface area contributed by atoms with Gasteiger partial charge < -0.3 is 0 Å². The van der Waals surface area contributed by atoms with E-state index in [1.807, 2.05) is 127 Å². The molecule has 2 bridgehead atoms. The molecule has 6 aromatic carbocycles. The number of rotatable bonds is 5. The number of amides is 2. The minimum absolute atomic E-state index is 0.198. The molecule has 236 valence electrons. The maximum atomic E-state index is 16.1. The lowest BCUT2D eigenvalue weighted by Crippen LogP contribution is -2.45. The number of hydrogen-bond donors (Lipinski definition) is 0. The first kappa shape index (κ1) is 29.8. The van der Waals surface area contributed by atoms with E-state index in [0.717, 1.165) is 33.0 Å². The second kappa shape index (κ2) is 10.9. The van der Waals surface area contributed by atoms with Crippen molar-refractivity contribution in [2.75, 3.05) is 4.90 Å². The van der Waals surface area contributed by atoms with E-state index in [4.69, 9.17) is 23.2 Å². The first-order chi connectivity index (χ1) is 23.9. The molecular weight excluding hydrogens is 649 g/mol. The molecule has 3 aliphatic rings. The van der Waals surface area contributed by atoms with Crippen LogP contribution in [0.15, 0.2) is 152 Å². The number of carbonyl (C=O) groups is 3. The van der Waals surface area contributed by atoms with Gasteiger partial charge in [0.05, 0.1) is 28.4 Å². The molecule has 49 heavy (non-hydrogen) atoms. The van der Waals surface area contributed by atoms with Crippen LogP contribution in [-0.2, 0) is 25.2 Å². The van der Waals surface area contributed by atoms with Crippen molar-refractivity contribution in [3.63, 3.8) is 0 Å². The molecule has 6 aromatic rings. The van der Waals surface area contributed by atoms with Crippen LogP contribution in [0.3, 0.4) is 0 Å². The lowest BCUT2D eigenvalue weighted by Gasteiger charge is -2.39. The highest BCUT2D eigenvalue weighted by molar-refractivity contribution is 6.40. The molecule has 4 nitrogen and oxygen atoms in total. The van der Waals surface area contributed by atoms with Crippen molar-refractivity contribution < 1.29 is 14.4 Å². The van der Waals surface area contributed by atoms with E-state index in [2.05, 4.69) is 0 Å². The van der Waals surface area contributed by atoms with Gasteiger partial charge in [0.15, 0.2) is 5.78 Å². The zero-order chi connectivity index (χ0) is 33.5. The smallest absolute Gasteiger partial charge is 0.239 e. The van der Waals surface area contributed by atoms with Crippen LogP contribution in [0.25, 0.3) is 21.9 Å². The predicted molar refractivity (Wildman–Crippen MR) is 194 cm³/mol. The summed E-state index contributed by atoms with van der Waals surface area (Å²) in [5.74, 6) is -3.06. The average molecular weight is 677 g/mol. The summed E-state index contributed by atoms with van der Waals surface area (Å²) in [6.45, 7) is 0. The molecule has 4 atom stereocenters. The van der Waals surface area contributed by atoms with Gasteiger partial charge in [0.25, 0.3) is 0 Å². The summed E-state index contributed by atoms with van der Waals surface area (Å²) in [4.78, 5) is 48.1. The number of ketones is 1. The number of hydrogen-bond acceptors (Lipinski definition) is 3. The molecule has 1 aliphatic heterocycles. The van der Waals surface area contributed by atoms with E-state index in [1.165, 1.54) is 4.90 Å². The van der Waals surface area contributed by atoms with Gasteiger partial charge in [-0.3, -0.25) is 14.4 Å². The number of fused-ring (bicyclic) bond motifs is 6. The average Bonchev–Trinajstić information content (AvgIpc) is 3.64. The zero-order valence-corrected chi connectivity index (χ0v) is 27.5. The van der Waals surface area contributed by atoms with Gasteiger partial charge in [-0.05, 0) is 69.1 Å². The zero-order valence-electron chi connectivity index (χ0n) is 26.0. The van der Waals surface area contributed by atoms with Gasteiger partial charge in [-0.15, -0.1) is 0 Å². The fraction of sp³-hybridized carbons (Fsp3) is 0.0930. The van der Waals surface area contributed by atoms with Crippen LogP contribution >= 0.6 is 23.2 Å². The van der Waals surface area contributed by atoms with Gasteiger partial charge in [-0.2, -0.15) is 0 Å². The molecule has 0 aromatic heterocycles. The quantitative estimate of drug-likeness (QED) is 0.171. The first-order valence-corrected chi connectivity index (χ1v) is 16.9. The number of halogens is 2. The highest BCUT2D eigenvalue weighted by Gasteiger charge is 2.82. The van der Waals surface area contributed by atoms with Gasteiger partial charge in [-0.1, -0.05) is 145 Å². The van der Waals surface area contributed by atoms with Gasteiger partial charge >= 0.3 is 0 Å². The second-order valence-electron chi connectivity index (χ2n) is 12.9. The molecule has 2 aliphatic carbocycles. The van der Waals surface area contributed by atoms with Crippen molar-refractivity contribution in [3.8, 4) is 0 Å². The molecule has 1 heterocycles. The number of benzene rings is 6. The predicted octanol–water partition coefficient (Wildman–Crippen LogP) is 9.34. The number of Topliss-reactive ketones (excluding diaryl/α,β-unsaturated/α-hetero) is 1. The van der Waals surface area contributed by atoms with Crippen LogP contribution in [0.4, 0.5) is 5.69 Å². The summed E-state index contributed by atoms with van der Waals surface area (Å²) in [5.41, 5.74) is 1.78. The molecule has 0 radical (unpaired) electrons. The highest BCUT2D eigenvalue weighted by Crippen LogP contribution is 2.74. The van der Waals surface area contributed by atoms with E-state index in [1.54, 1.807) is 24.3 Å². The Morgan fingerprint density at radius 1 is 0.469 bits per heavy atom. The second-order valence-corrected chi connectivity index (χ2v) is 13.8.